The molecule has 0 atom stereocenters. The lowest BCUT2D eigenvalue weighted by Gasteiger charge is -2.08. The predicted octanol–water partition coefficient (Wildman–Crippen LogP) is 2.73. The average Bonchev–Trinajstić information content (AvgIpc) is 2.81. The highest BCUT2D eigenvalue weighted by Crippen LogP contribution is 2.25. The van der Waals surface area contributed by atoms with Crippen LogP contribution in [0.1, 0.15) is 5.56 Å². The van der Waals surface area contributed by atoms with Crippen LogP contribution in [0.4, 0.5) is 5.69 Å². The summed E-state index contributed by atoms with van der Waals surface area (Å²) in [6, 6.07) is 9.57. The van der Waals surface area contributed by atoms with E-state index in [2.05, 4.69) is 23.4 Å². The van der Waals surface area contributed by atoms with Gasteiger partial charge in [-0.25, -0.2) is 4.68 Å². The van der Waals surface area contributed by atoms with E-state index in [1.54, 1.807) is 10.9 Å². The Hall–Kier alpha value is -2.16. The molecule has 15 heavy (non-hydrogen) atoms. The molecule has 0 bridgehead atoms. The van der Waals surface area contributed by atoms with Crippen LogP contribution in [-0.2, 0) is 0 Å². The molecule has 0 saturated heterocycles. The van der Waals surface area contributed by atoms with Crippen molar-refractivity contribution in [2.75, 3.05) is 0 Å². The van der Waals surface area contributed by atoms with Crippen LogP contribution in [0.15, 0.2) is 54.3 Å². The summed E-state index contributed by atoms with van der Waals surface area (Å²) in [6.45, 7) is 7.52. The summed E-state index contributed by atoms with van der Waals surface area (Å²) in [5, 5.41) is 4.12. The predicted molar refractivity (Wildman–Crippen MR) is 62.3 cm³/mol. The topological polar surface area (TPSA) is 30.2 Å². The number of para-hydroxylation sites is 1. The monoisotopic (exact) mass is 197 g/mol. The summed E-state index contributed by atoms with van der Waals surface area (Å²) < 4.78 is 1.71. The smallest absolute Gasteiger partial charge is 0.0716 e. The van der Waals surface area contributed by atoms with Crippen LogP contribution in [0, 0.1) is 0 Å². The lowest BCUT2D eigenvalue weighted by molar-refractivity contribution is 0.907. The Balaban J connectivity index is 2.46. The second-order valence-electron chi connectivity index (χ2n) is 3.07. The molecular weight excluding hydrogens is 186 g/mol. The largest absolute Gasteiger partial charge is 0.264 e. The van der Waals surface area contributed by atoms with E-state index >= 15 is 0 Å². The maximum absolute atomic E-state index is 4.12. The number of benzene rings is 1. The Morgan fingerprint density at radius 2 is 2.07 bits per heavy atom. The van der Waals surface area contributed by atoms with E-state index in [0.29, 0.717) is 0 Å². The summed E-state index contributed by atoms with van der Waals surface area (Å²) in [4.78, 5) is 3.95. The number of aromatic nitrogens is 2. The van der Waals surface area contributed by atoms with E-state index < -0.39 is 0 Å². The summed E-state index contributed by atoms with van der Waals surface area (Å²) in [7, 11) is 0. The molecule has 74 valence electrons. The van der Waals surface area contributed by atoms with Gasteiger partial charge in [0.2, 0.25) is 0 Å². The highest BCUT2D eigenvalue weighted by atomic mass is 15.3. The Morgan fingerprint density at radius 1 is 1.27 bits per heavy atom. The van der Waals surface area contributed by atoms with Crippen LogP contribution in [0.5, 0.6) is 0 Å². The second kappa shape index (κ2) is 3.92. The first-order valence-corrected chi connectivity index (χ1v) is 4.58. The number of hydrogen-bond donors (Lipinski definition) is 0. The van der Waals surface area contributed by atoms with Gasteiger partial charge < -0.3 is 0 Å². The normalized spacial score (nSPS) is 9.87. The molecule has 0 unspecified atom stereocenters. The summed E-state index contributed by atoms with van der Waals surface area (Å²) in [5.74, 6) is 0. The number of rotatable bonds is 3. The minimum atomic E-state index is 0.794. The summed E-state index contributed by atoms with van der Waals surface area (Å²) in [6.07, 6.45) is 3.57. The van der Waals surface area contributed by atoms with Gasteiger partial charge in [0, 0.05) is 18.0 Å². The molecule has 2 rings (SSSR count). The molecule has 0 amide bonds. The maximum Gasteiger partial charge on any atom is 0.0716 e. The van der Waals surface area contributed by atoms with Crippen LogP contribution >= 0.6 is 0 Å². The maximum atomic E-state index is 4.12. The van der Waals surface area contributed by atoms with E-state index in [-0.39, 0.29) is 0 Å². The first-order valence-electron chi connectivity index (χ1n) is 4.58. The number of aliphatic imine (C=N–C) groups is 1. The molecule has 0 aliphatic carbocycles. The van der Waals surface area contributed by atoms with Gasteiger partial charge in [-0.1, -0.05) is 24.8 Å². The third-order valence-electron chi connectivity index (χ3n) is 2.17. The van der Waals surface area contributed by atoms with E-state index in [9.17, 15) is 0 Å². The standard InChI is InChI=1S/C12H11N3/c1-10(15-9-5-8-14-15)11-6-3-4-7-12(11)13-2/h3-9H,1-2H2. The third kappa shape index (κ3) is 1.72. The van der Waals surface area contributed by atoms with Crippen molar-refractivity contribution in [3.05, 3.63) is 54.9 Å². The Labute approximate surface area is 88.4 Å². The molecule has 3 heteroatoms. The van der Waals surface area contributed by atoms with E-state index in [4.69, 9.17) is 0 Å². The van der Waals surface area contributed by atoms with Gasteiger partial charge in [-0.2, -0.15) is 5.10 Å². The van der Waals surface area contributed by atoms with Crippen LogP contribution < -0.4 is 0 Å². The molecule has 0 fully saturated rings. The van der Waals surface area contributed by atoms with Crippen molar-refractivity contribution < 1.29 is 0 Å². The Kier molecular flexibility index (Phi) is 2.46. The van der Waals surface area contributed by atoms with Crippen molar-refractivity contribution in [3.8, 4) is 0 Å². The third-order valence-corrected chi connectivity index (χ3v) is 2.17. The minimum Gasteiger partial charge on any atom is -0.264 e. The molecule has 3 nitrogen and oxygen atoms in total. The van der Waals surface area contributed by atoms with Crippen molar-refractivity contribution >= 4 is 18.1 Å². The molecule has 0 aliphatic rings. The van der Waals surface area contributed by atoms with Crippen LogP contribution in [-0.4, -0.2) is 16.5 Å². The first kappa shape index (κ1) is 9.40. The van der Waals surface area contributed by atoms with Gasteiger partial charge in [-0.3, -0.25) is 4.99 Å². The van der Waals surface area contributed by atoms with Crippen molar-refractivity contribution in [1.82, 2.24) is 9.78 Å². The Morgan fingerprint density at radius 3 is 2.73 bits per heavy atom. The molecule has 0 radical (unpaired) electrons. The van der Waals surface area contributed by atoms with E-state index in [1.165, 1.54) is 0 Å². The van der Waals surface area contributed by atoms with Gasteiger partial charge >= 0.3 is 0 Å². The van der Waals surface area contributed by atoms with Crippen LogP contribution in [0.3, 0.4) is 0 Å². The van der Waals surface area contributed by atoms with Gasteiger partial charge in [0.1, 0.15) is 0 Å². The number of hydrogen-bond acceptors (Lipinski definition) is 2. The number of nitrogens with zero attached hydrogens (tertiary/aromatic N) is 3. The van der Waals surface area contributed by atoms with Crippen molar-refractivity contribution in [2.45, 2.75) is 0 Å². The summed E-state index contributed by atoms with van der Waals surface area (Å²) in [5.41, 5.74) is 2.55. The molecule has 1 aromatic carbocycles. The van der Waals surface area contributed by atoms with Crippen molar-refractivity contribution in [2.24, 2.45) is 4.99 Å². The van der Waals surface area contributed by atoms with Gasteiger partial charge in [0.05, 0.1) is 11.4 Å². The molecular formula is C12H11N3. The van der Waals surface area contributed by atoms with Gasteiger partial charge in [-0.05, 0) is 18.9 Å². The van der Waals surface area contributed by atoms with Crippen molar-refractivity contribution in [3.63, 3.8) is 0 Å². The molecule has 0 spiro atoms. The van der Waals surface area contributed by atoms with Crippen molar-refractivity contribution in [1.29, 1.82) is 0 Å². The van der Waals surface area contributed by atoms with Gasteiger partial charge in [0.25, 0.3) is 0 Å². The fourth-order valence-corrected chi connectivity index (χ4v) is 1.41. The summed E-state index contributed by atoms with van der Waals surface area (Å²) >= 11 is 0. The highest BCUT2D eigenvalue weighted by Gasteiger charge is 2.05. The molecule has 1 heterocycles. The highest BCUT2D eigenvalue weighted by molar-refractivity contribution is 5.73. The van der Waals surface area contributed by atoms with E-state index in [0.717, 1.165) is 16.9 Å². The van der Waals surface area contributed by atoms with E-state index in [1.807, 2.05) is 36.5 Å². The van der Waals surface area contributed by atoms with Gasteiger partial charge in [-0.15, -0.1) is 0 Å². The second-order valence-corrected chi connectivity index (χ2v) is 3.07. The minimum absolute atomic E-state index is 0.794. The molecule has 0 aliphatic heterocycles. The SMILES string of the molecule is C=Nc1ccccc1C(=C)n1cccn1. The molecule has 0 saturated carbocycles. The molecule has 0 N–H and O–H groups in total. The lowest BCUT2D eigenvalue weighted by atomic mass is 10.1. The van der Waals surface area contributed by atoms with Crippen LogP contribution in [0.2, 0.25) is 0 Å². The zero-order valence-corrected chi connectivity index (χ0v) is 8.30. The quantitative estimate of drug-likeness (QED) is 0.696. The molecule has 2 aromatic rings. The van der Waals surface area contributed by atoms with Crippen LogP contribution in [0.25, 0.3) is 5.70 Å². The lowest BCUT2D eigenvalue weighted by Crippen LogP contribution is -1.97. The fraction of sp³-hybridized carbons (Fsp3) is 0. The zero-order chi connectivity index (χ0) is 10.7. The fourth-order valence-electron chi connectivity index (χ4n) is 1.41. The Bertz CT molecular complexity index is 483. The molecule has 1 aromatic heterocycles. The zero-order valence-electron chi connectivity index (χ0n) is 8.30. The average molecular weight is 197 g/mol. The van der Waals surface area contributed by atoms with Gasteiger partial charge in [0.15, 0.2) is 0 Å². The first-order chi connectivity index (χ1) is 7.33.